The lowest BCUT2D eigenvalue weighted by Gasteiger charge is -2.08. The molecule has 0 fully saturated rings. The van der Waals surface area contributed by atoms with Gasteiger partial charge in [-0.2, -0.15) is 16.8 Å². The summed E-state index contributed by atoms with van der Waals surface area (Å²) in [5.74, 6) is -0.447. The number of anilines is 1. The summed E-state index contributed by atoms with van der Waals surface area (Å²) in [4.78, 5) is 12.9. The molecule has 10 nitrogen and oxygen atoms in total. The number of nitrogens with one attached hydrogen (secondary N) is 1. The zero-order valence-electron chi connectivity index (χ0n) is 14.3. The van der Waals surface area contributed by atoms with Gasteiger partial charge < -0.3 is 5.32 Å². The number of carbonyl (C=O) groups is 1. The van der Waals surface area contributed by atoms with Crippen molar-refractivity contribution >= 4 is 49.7 Å². The first-order chi connectivity index (χ1) is 12.9. The highest BCUT2D eigenvalue weighted by Crippen LogP contribution is 2.26. The monoisotopic (exact) mass is 424 g/mol. The number of benzene rings is 2. The highest BCUT2D eigenvalue weighted by atomic mass is 32.2. The number of carbonyl (C=O) groups excluding carboxylic acids is 1. The molecule has 2 rings (SSSR count). The van der Waals surface area contributed by atoms with Gasteiger partial charge in [0.1, 0.15) is 9.79 Å². The van der Waals surface area contributed by atoms with Gasteiger partial charge in [0.25, 0.3) is 20.2 Å². The van der Waals surface area contributed by atoms with Crippen molar-refractivity contribution in [1.82, 2.24) is 0 Å². The Bertz CT molecular complexity index is 1230. The molecular weight excluding hydrogens is 410 g/mol. The van der Waals surface area contributed by atoms with Crippen molar-refractivity contribution in [1.29, 1.82) is 5.39 Å². The number of nitrogens with zero attached hydrogens (tertiary/aromatic N) is 2. The number of hydrogen-bond acceptors (Lipinski definition) is 6. The molecule has 0 aliphatic rings. The predicted molar refractivity (Wildman–Crippen MR) is 100 cm³/mol. The summed E-state index contributed by atoms with van der Waals surface area (Å²) in [6, 6.07) is 7.11. The van der Waals surface area contributed by atoms with Gasteiger partial charge in [0.05, 0.1) is 6.07 Å². The summed E-state index contributed by atoms with van der Waals surface area (Å²) in [7, 11) is -9.33. The van der Waals surface area contributed by atoms with Gasteiger partial charge in [-0.1, -0.05) is 18.2 Å². The van der Waals surface area contributed by atoms with E-state index in [1.165, 1.54) is 43.3 Å². The Kier molecular flexibility index (Phi) is 5.95. The number of hydrogen-bond donors (Lipinski definition) is 3. The van der Waals surface area contributed by atoms with E-state index in [1.54, 1.807) is 0 Å². The normalized spacial score (nSPS) is 11.9. The molecule has 0 radical (unpaired) electrons. The first-order valence-corrected chi connectivity index (χ1v) is 10.3. The van der Waals surface area contributed by atoms with Crippen molar-refractivity contribution in [2.75, 3.05) is 5.32 Å². The molecule has 12 heteroatoms. The van der Waals surface area contributed by atoms with Crippen molar-refractivity contribution in [3.8, 4) is 0 Å². The highest BCUT2D eigenvalue weighted by molar-refractivity contribution is 7.86. The van der Waals surface area contributed by atoms with Crippen LogP contribution in [0.2, 0.25) is 0 Å². The summed E-state index contributed by atoms with van der Waals surface area (Å²) >= 11 is 0. The molecule has 0 unspecified atom stereocenters. The van der Waals surface area contributed by atoms with Crippen molar-refractivity contribution in [3.63, 3.8) is 0 Å². The molecule has 146 valence electrons. The average molecular weight is 424 g/mol. The summed E-state index contributed by atoms with van der Waals surface area (Å²) in [6.07, 6.45) is 2.38. The first kappa shape index (κ1) is 21.2. The molecule has 2 aromatic rings. The fraction of sp³-hybridized carbons (Fsp3) is 0.0625. The number of diazo groups is 1. The average Bonchev–Trinajstić information content (AvgIpc) is 2.58. The summed E-state index contributed by atoms with van der Waals surface area (Å²) in [5, 5.41) is 11.1. The van der Waals surface area contributed by atoms with Gasteiger partial charge in [-0.3, -0.25) is 13.9 Å². The number of rotatable bonds is 5. The van der Waals surface area contributed by atoms with E-state index in [2.05, 4.69) is 10.3 Å². The van der Waals surface area contributed by atoms with E-state index in [4.69, 9.17) is 5.39 Å². The van der Waals surface area contributed by atoms with Crippen LogP contribution >= 0.6 is 0 Å². The fourth-order valence-corrected chi connectivity index (χ4v) is 3.72. The van der Waals surface area contributed by atoms with Crippen LogP contribution in [0.4, 0.5) is 11.4 Å². The summed E-state index contributed by atoms with van der Waals surface area (Å²) in [5.41, 5.74) is -0.0243. The fourth-order valence-electron chi connectivity index (χ4n) is 2.30. The van der Waals surface area contributed by atoms with Crippen molar-refractivity contribution < 1.29 is 30.7 Å². The summed E-state index contributed by atoms with van der Waals surface area (Å²) < 4.78 is 65.1. The van der Waals surface area contributed by atoms with Crippen molar-refractivity contribution in [2.45, 2.75) is 16.7 Å². The Balaban J connectivity index is 2.59. The molecule has 2 aromatic carbocycles. The van der Waals surface area contributed by atoms with Gasteiger partial charge >= 0.3 is 5.69 Å². The van der Waals surface area contributed by atoms with Crippen LogP contribution in [0.25, 0.3) is 17.1 Å². The van der Waals surface area contributed by atoms with E-state index in [-0.39, 0.29) is 22.5 Å². The van der Waals surface area contributed by atoms with Gasteiger partial charge in [0.15, 0.2) is 4.98 Å². The van der Waals surface area contributed by atoms with Crippen LogP contribution in [-0.2, 0) is 25.0 Å². The van der Waals surface area contributed by atoms with Gasteiger partial charge in [-0.25, -0.2) is 0 Å². The first-order valence-electron chi connectivity index (χ1n) is 7.45. The smallest absolute Gasteiger partial charge is 0.326 e. The van der Waals surface area contributed by atoms with E-state index in [0.717, 1.165) is 12.1 Å². The maximum Gasteiger partial charge on any atom is 0.386 e. The molecule has 1 amide bonds. The van der Waals surface area contributed by atoms with Gasteiger partial charge in [0.2, 0.25) is 11.3 Å². The van der Waals surface area contributed by atoms with Crippen molar-refractivity contribution in [2.24, 2.45) is 0 Å². The largest absolute Gasteiger partial charge is 0.386 e. The zero-order chi connectivity index (χ0) is 21.1. The van der Waals surface area contributed by atoms with Crippen LogP contribution in [0.3, 0.4) is 0 Å². The second kappa shape index (κ2) is 7.87. The Labute approximate surface area is 160 Å². The second-order valence-electron chi connectivity index (χ2n) is 5.54. The summed E-state index contributed by atoms with van der Waals surface area (Å²) in [6.45, 7) is 1.22. The Morgan fingerprint density at radius 2 is 1.46 bits per heavy atom. The van der Waals surface area contributed by atoms with Crippen LogP contribution in [0.15, 0.2) is 46.2 Å². The molecule has 0 saturated carbocycles. The van der Waals surface area contributed by atoms with E-state index in [9.17, 15) is 30.7 Å². The van der Waals surface area contributed by atoms with Crippen molar-refractivity contribution in [3.05, 3.63) is 52.5 Å². The van der Waals surface area contributed by atoms with E-state index >= 15 is 0 Å². The van der Waals surface area contributed by atoms with Crippen LogP contribution < -0.4 is 5.32 Å². The molecule has 0 spiro atoms. The topological polar surface area (TPSA) is 166 Å². The van der Waals surface area contributed by atoms with E-state index in [1.807, 2.05) is 0 Å². The molecular formula is C16H14N3O7S2+. The quantitative estimate of drug-likeness (QED) is 0.374. The van der Waals surface area contributed by atoms with Crippen LogP contribution in [0.1, 0.15) is 18.1 Å². The molecule has 0 bridgehead atoms. The lowest BCUT2D eigenvalue weighted by Crippen LogP contribution is -2.08. The predicted octanol–water partition coefficient (Wildman–Crippen LogP) is 2.79. The standard InChI is InChI=1S/C16H13N3O7S2/c1-10(20)18-13-6-4-11(15(8-13)27(21,22)23)2-3-12-5-7-14(19-17)9-16(12)28(24,25)26/h2-9H,1H3,(H2-,18,20,21,22,23,24,25,26)/p+1/b3-2+. The lowest BCUT2D eigenvalue weighted by molar-refractivity contribution is -0.114. The van der Waals surface area contributed by atoms with E-state index < -0.39 is 35.9 Å². The third-order valence-corrected chi connectivity index (χ3v) is 5.26. The molecule has 28 heavy (non-hydrogen) atoms. The maximum atomic E-state index is 11.6. The molecule has 0 aromatic heterocycles. The zero-order valence-corrected chi connectivity index (χ0v) is 15.9. The van der Waals surface area contributed by atoms with E-state index in [0.29, 0.717) is 0 Å². The molecule has 0 aliphatic heterocycles. The lowest BCUT2D eigenvalue weighted by atomic mass is 10.1. The Morgan fingerprint density at radius 1 is 0.964 bits per heavy atom. The molecule has 0 heterocycles. The Hall–Kier alpha value is -3.11. The van der Waals surface area contributed by atoms with Crippen LogP contribution in [0.5, 0.6) is 0 Å². The molecule has 0 saturated heterocycles. The van der Waals surface area contributed by atoms with Crippen LogP contribution in [0, 0.1) is 5.39 Å². The highest BCUT2D eigenvalue weighted by Gasteiger charge is 2.20. The van der Waals surface area contributed by atoms with Gasteiger partial charge in [-0.15, -0.1) is 0 Å². The molecule has 0 aliphatic carbocycles. The SMILES string of the molecule is CC(=O)Nc1ccc(/C=C/c2ccc([N+]#N)cc2S(=O)(=O)O)c(S(=O)(=O)O)c1. The van der Waals surface area contributed by atoms with Gasteiger partial charge in [0, 0.05) is 18.7 Å². The minimum Gasteiger partial charge on any atom is -0.326 e. The minimum atomic E-state index is -4.67. The number of amides is 1. The third-order valence-electron chi connectivity index (χ3n) is 3.44. The molecule has 3 N–H and O–H groups in total. The Morgan fingerprint density at radius 3 is 1.93 bits per heavy atom. The maximum absolute atomic E-state index is 11.6. The van der Waals surface area contributed by atoms with Crippen LogP contribution in [-0.4, -0.2) is 31.8 Å². The third kappa shape index (κ3) is 5.21. The second-order valence-corrected chi connectivity index (χ2v) is 8.32. The van der Waals surface area contributed by atoms with Gasteiger partial charge in [-0.05, 0) is 29.3 Å². The minimum absolute atomic E-state index is 0.00573. The molecule has 0 atom stereocenters.